The van der Waals surface area contributed by atoms with Crippen molar-refractivity contribution in [1.82, 2.24) is 5.43 Å². The third kappa shape index (κ3) is 1.60. The van der Waals surface area contributed by atoms with E-state index < -0.39 is 0 Å². The molecule has 0 saturated carbocycles. The number of benzene rings is 1. The quantitative estimate of drug-likeness (QED) is 0.722. The van der Waals surface area contributed by atoms with Gasteiger partial charge in [0.25, 0.3) is 0 Å². The maximum Gasteiger partial charge on any atom is 0.128 e. The van der Waals surface area contributed by atoms with Gasteiger partial charge in [0.15, 0.2) is 0 Å². The number of aromatic hydroxyl groups is 1. The number of hydrogen-bond acceptors (Lipinski definition) is 3. The molecule has 1 heterocycles. The molecule has 2 rings (SSSR count). The normalized spacial score (nSPS) is 21.0. The first-order valence-corrected chi connectivity index (χ1v) is 4.40. The molecule has 68 valence electrons. The van der Waals surface area contributed by atoms with E-state index in [-0.39, 0.29) is 11.8 Å². The first-order chi connectivity index (χ1) is 6.27. The van der Waals surface area contributed by atoms with Crippen LogP contribution in [0.15, 0.2) is 29.4 Å². The van der Waals surface area contributed by atoms with Gasteiger partial charge < -0.3 is 10.5 Å². The molecule has 2 N–H and O–H groups in total. The Morgan fingerprint density at radius 1 is 1.46 bits per heavy atom. The van der Waals surface area contributed by atoms with Crippen molar-refractivity contribution in [2.45, 2.75) is 12.5 Å². The predicted molar refractivity (Wildman–Crippen MR) is 51.9 cm³/mol. The van der Waals surface area contributed by atoms with Gasteiger partial charge in [-0.05, 0) is 6.07 Å². The average molecular weight is 197 g/mol. The summed E-state index contributed by atoms with van der Waals surface area (Å²) in [4.78, 5) is 0. The summed E-state index contributed by atoms with van der Waals surface area (Å²) in [7, 11) is 0. The SMILES string of the molecule is Oc1ccccc1C1CC(Cl)=NN1. The maximum absolute atomic E-state index is 9.52. The molecular weight excluding hydrogens is 188 g/mol. The highest BCUT2D eigenvalue weighted by molar-refractivity contribution is 6.65. The number of para-hydroxylation sites is 1. The lowest BCUT2D eigenvalue weighted by molar-refractivity contribution is 0.455. The average Bonchev–Trinajstić information content (AvgIpc) is 2.53. The molecule has 0 aliphatic carbocycles. The lowest BCUT2D eigenvalue weighted by atomic mass is 10.0. The van der Waals surface area contributed by atoms with Gasteiger partial charge >= 0.3 is 0 Å². The Bertz CT molecular complexity index is 351. The zero-order chi connectivity index (χ0) is 9.26. The number of rotatable bonds is 1. The molecule has 1 aliphatic rings. The van der Waals surface area contributed by atoms with Crippen molar-refractivity contribution in [3.05, 3.63) is 29.8 Å². The second-order valence-corrected chi connectivity index (χ2v) is 3.37. The minimum Gasteiger partial charge on any atom is -0.508 e. The number of phenolic OH excluding ortho intramolecular Hbond substituents is 1. The molecule has 1 atom stereocenters. The third-order valence-corrected chi connectivity index (χ3v) is 2.27. The Labute approximate surface area is 81.0 Å². The molecule has 4 heteroatoms. The molecule has 0 saturated heterocycles. The highest BCUT2D eigenvalue weighted by Crippen LogP contribution is 2.29. The summed E-state index contributed by atoms with van der Waals surface area (Å²) in [5.74, 6) is 0.279. The van der Waals surface area contributed by atoms with E-state index >= 15 is 0 Å². The van der Waals surface area contributed by atoms with Gasteiger partial charge in [0, 0.05) is 12.0 Å². The largest absolute Gasteiger partial charge is 0.508 e. The Morgan fingerprint density at radius 2 is 2.23 bits per heavy atom. The van der Waals surface area contributed by atoms with Crippen molar-refractivity contribution in [2.24, 2.45) is 5.10 Å². The fourth-order valence-corrected chi connectivity index (χ4v) is 1.57. The summed E-state index contributed by atoms with van der Waals surface area (Å²) in [6.07, 6.45) is 0.638. The number of halogens is 1. The molecule has 1 aliphatic heterocycles. The molecule has 0 aromatic heterocycles. The maximum atomic E-state index is 9.52. The Morgan fingerprint density at radius 3 is 2.85 bits per heavy atom. The van der Waals surface area contributed by atoms with Crippen molar-refractivity contribution in [3.63, 3.8) is 0 Å². The van der Waals surface area contributed by atoms with Crippen molar-refractivity contribution < 1.29 is 5.11 Å². The number of phenols is 1. The van der Waals surface area contributed by atoms with Crippen LogP contribution in [0.1, 0.15) is 18.0 Å². The van der Waals surface area contributed by atoms with Gasteiger partial charge in [0.05, 0.1) is 6.04 Å². The summed E-state index contributed by atoms with van der Waals surface area (Å²) < 4.78 is 0. The van der Waals surface area contributed by atoms with Crippen molar-refractivity contribution in [3.8, 4) is 5.75 Å². The smallest absolute Gasteiger partial charge is 0.128 e. The van der Waals surface area contributed by atoms with E-state index in [1.165, 1.54) is 0 Å². The number of nitrogens with one attached hydrogen (secondary N) is 1. The Kier molecular flexibility index (Phi) is 2.10. The molecule has 0 radical (unpaired) electrons. The lowest BCUT2D eigenvalue weighted by Gasteiger charge is -2.10. The van der Waals surface area contributed by atoms with Gasteiger partial charge in [-0.25, -0.2) is 0 Å². The van der Waals surface area contributed by atoms with Gasteiger partial charge in [-0.3, -0.25) is 0 Å². The first kappa shape index (κ1) is 8.38. The summed E-state index contributed by atoms with van der Waals surface area (Å²) >= 11 is 5.72. The lowest BCUT2D eigenvalue weighted by Crippen LogP contribution is -2.09. The van der Waals surface area contributed by atoms with E-state index in [9.17, 15) is 5.11 Å². The standard InChI is InChI=1S/C9H9ClN2O/c10-9-5-7(11-12-9)6-3-1-2-4-8(6)13/h1-4,7,11,13H,5H2. The van der Waals surface area contributed by atoms with E-state index in [0.29, 0.717) is 11.6 Å². The van der Waals surface area contributed by atoms with E-state index in [0.717, 1.165) is 5.56 Å². The second kappa shape index (κ2) is 3.26. The highest BCUT2D eigenvalue weighted by atomic mass is 35.5. The predicted octanol–water partition coefficient (Wildman–Crippen LogP) is 1.98. The summed E-state index contributed by atoms with van der Waals surface area (Å²) in [5, 5.41) is 13.9. The third-order valence-electron chi connectivity index (χ3n) is 2.03. The van der Waals surface area contributed by atoms with E-state index in [2.05, 4.69) is 10.5 Å². The minimum atomic E-state index is 0.00806. The zero-order valence-corrected chi connectivity index (χ0v) is 7.62. The molecule has 13 heavy (non-hydrogen) atoms. The fraction of sp³-hybridized carbons (Fsp3) is 0.222. The van der Waals surface area contributed by atoms with Crippen LogP contribution in [-0.4, -0.2) is 10.3 Å². The van der Waals surface area contributed by atoms with Gasteiger partial charge in [-0.1, -0.05) is 29.8 Å². The fourth-order valence-electron chi connectivity index (χ4n) is 1.37. The molecule has 1 aromatic carbocycles. The van der Waals surface area contributed by atoms with Crippen LogP contribution < -0.4 is 5.43 Å². The van der Waals surface area contributed by atoms with Gasteiger partial charge in [0.2, 0.25) is 0 Å². The molecule has 0 amide bonds. The van der Waals surface area contributed by atoms with Crippen LogP contribution in [0, 0.1) is 0 Å². The van der Waals surface area contributed by atoms with Crippen LogP contribution in [0.5, 0.6) is 5.75 Å². The molecule has 3 nitrogen and oxygen atoms in total. The van der Waals surface area contributed by atoms with Gasteiger partial charge in [0.1, 0.15) is 10.9 Å². The molecule has 0 spiro atoms. The molecule has 1 unspecified atom stereocenters. The first-order valence-electron chi connectivity index (χ1n) is 4.03. The van der Waals surface area contributed by atoms with Gasteiger partial charge in [-0.15, -0.1) is 0 Å². The van der Waals surface area contributed by atoms with Crippen LogP contribution in [0.2, 0.25) is 0 Å². The van der Waals surface area contributed by atoms with Crippen LogP contribution in [0.3, 0.4) is 0 Å². The van der Waals surface area contributed by atoms with Crippen molar-refractivity contribution >= 4 is 16.8 Å². The van der Waals surface area contributed by atoms with Crippen LogP contribution in [-0.2, 0) is 0 Å². The van der Waals surface area contributed by atoms with Gasteiger partial charge in [-0.2, -0.15) is 5.10 Å². The van der Waals surface area contributed by atoms with Crippen LogP contribution >= 0.6 is 11.6 Å². The molecule has 1 aromatic rings. The number of hydrogen-bond donors (Lipinski definition) is 2. The van der Waals surface area contributed by atoms with Crippen LogP contribution in [0.25, 0.3) is 0 Å². The summed E-state index contributed by atoms with van der Waals surface area (Å²) in [5.41, 5.74) is 3.69. The van der Waals surface area contributed by atoms with Crippen molar-refractivity contribution in [2.75, 3.05) is 0 Å². The van der Waals surface area contributed by atoms with E-state index in [1.54, 1.807) is 12.1 Å². The number of nitrogens with zero attached hydrogens (tertiary/aromatic N) is 1. The molecule has 0 fully saturated rings. The summed E-state index contributed by atoms with van der Waals surface area (Å²) in [6.45, 7) is 0. The minimum absolute atomic E-state index is 0.00806. The topological polar surface area (TPSA) is 44.6 Å². The summed E-state index contributed by atoms with van der Waals surface area (Å²) in [6, 6.07) is 7.19. The number of hydrazone groups is 1. The van der Waals surface area contributed by atoms with Crippen LogP contribution in [0.4, 0.5) is 0 Å². The van der Waals surface area contributed by atoms with E-state index in [1.807, 2.05) is 12.1 Å². The highest BCUT2D eigenvalue weighted by Gasteiger charge is 2.20. The molecular formula is C9H9ClN2O. The second-order valence-electron chi connectivity index (χ2n) is 2.93. The van der Waals surface area contributed by atoms with E-state index in [4.69, 9.17) is 11.6 Å². The Hall–Kier alpha value is -1.22. The monoisotopic (exact) mass is 196 g/mol. The molecule has 0 bridgehead atoms. The Balaban J connectivity index is 2.23. The van der Waals surface area contributed by atoms with Crippen molar-refractivity contribution in [1.29, 1.82) is 0 Å². The zero-order valence-electron chi connectivity index (χ0n) is 6.87.